The van der Waals surface area contributed by atoms with Gasteiger partial charge in [0.1, 0.15) is 5.60 Å². The van der Waals surface area contributed by atoms with Crippen molar-refractivity contribution in [2.75, 3.05) is 20.8 Å². The zero-order chi connectivity index (χ0) is 12.5. The van der Waals surface area contributed by atoms with Crippen molar-refractivity contribution in [3.63, 3.8) is 0 Å². The lowest BCUT2D eigenvalue weighted by Crippen LogP contribution is -2.47. The second-order valence-electron chi connectivity index (χ2n) is 4.35. The predicted molar refractivity (Wildman–Crippen MR) is 65.7 cm³/mol. The molecule has 1 heterocycles. The van der Waals surface area contributed by atoms with Gasteiger partial charge in [0, 0.05) is 27.1 Å². The lowest BCUT2D eigenvalue weighted by atomic mass is 9.75. The van der Waals surface area contributed by atoms with E-state index in [0.717, 1.165) is 10.2 Å². The normalized spacial score (nSPS) is 28.1. The molecule has 1 fully saturated rings. The van der Waals surface area contributed by atoms with Gasteiger partial charge >= 0.3 is 0 Å². The van der Waals surface area contributed by atoms with Crippen LogP contribution in [0.15, 0.2) is 10.7 Å². The number of rotatable bonds is 5. The fraction of sp³-hybridized carbons (Fsp3) is 0.727. The van der Waals surface area contributed by atoms with Crippen LogP contribution in [-0.2, 0) is 21.6 Å². The molecular formula is C11H17BrN2O3. The molecule has 5 nitrogen and oxygen atoms in total. The molecule has 0 unspecified atom stereocenters. The van der Waals surface area contributed by atoms with Crippen LogP contribution in [0.2, 0.25) is 0 Å². The van der Waals surface area contributed by atoms with E-state index in [1.165, 1.54) is 0 Å². The molecule has 1 aromatic rings. The van der Waals surface area contributed by atoms with Crippen molar-refractivity contribution in [1.29, 1.82) is 0 Å². The Labute approximate surface area is 109 Å². The van der Waals surface area contributed by atoms with Gasteiger partial charge in [0.05, 0.1) is 35.6 Å². The maximum atomic E-state index is 10.5. The Balaban J connectivity index is 2.17. The maximum absolute atomic E-state index is 10.5. The van der Waals surface area contributed by atoms with Crippen LogP contribution in [-0.4, -0.2) is 41.8 Å². The first-order valence-electron chi connectivity index (χ1n) is 5.56. The monoisotopic (exact) mass is 304 g/mol. The van der Waals surface area contributed by atoms with Gasteiger partial charge in [-0.1, -0.05) is 0 Å². The third-order valence-corrected chi connectivity index (χ3v) is 3.79. The predicted octanol–water partition coefficient (Wildman–Crippen LogP) is 1.29. The summed E-state index contributed by atoms with van der Waals surface area (Å²) in [6.45, 7) is 1.21. The lowest BCUT2D eigenvalue weighted by molar-refractivity contribution is -0.138. The molecule has 0 radical (unpaired) electrons. The van der Waals surface area contributed by atoms with Gasteiger partial charge < -0.3 is 14.6 Å². The zero-order valence-corrected chi connectivity index (χ0v) is 11.6. The van der Waals surface area contributed by atoms with Gasteiger partial charge in [-0.3, -0.25) is 4.68 Å². The van der Waals surface area contributed by atoms with Crippen LogP contribution < -0.4 is 0 Å². The Morgan fingerprint density at radius 1 is 1.59 bits per heavy atom. The van der Waals surface area contributed by atoms with Crippen LogP contribution in [0.25, 0.3) is 0 Å². The number of methoxy groups -OCH3 is 2. The summed E-state index contributed by atoms with van der Waals surface area (Å²) in [5.41, 5.74) is -0.00753. The number of nitrogens with zero attached hydrogens (tertiary/aromatic N) is 2. The molecule has 0 aliphatic heterocycles. The second kappa shape index (κ2) is 5.06. The molecule has 0 saturated heterocycles. The van der Waals surface area contributed by atoms with E-state index >= 15 is 0 Å². The number of aromatic nitrogens is 2. The van der Waals surface area contributed by atoms with Crippen LogP contribution >= 0.6 is 15.9 Å². The van der Waals surface area contributed by atoms with E-state index in [4.69, 9.17) is 9.47 Å². The minimum Gasteiger partial charge on any atom is -0.383 e. The van der Waals surface area contributed by atoms with E-state index in [2.05, 4.69) is 21.0 Å². The SMILES string of the molecule is COCCn1ncc(Br)c1C1(O)CC(OC)C1. The summed E-state index contributed by atoms with van der Waals surface area (Å²) >= 11 is 3.44. The largest absolute Gasteiger partial charge is 0.383 e. The minimum atomic E-state index is -0.830. The number of ether oxygens (including phenoxy) is 2. The van der Waals surface area contributed by atoms with Crippen LogP contribution in [0.3, 0.4) is 0 Å². The van der Waals surface area contributed by atoms with Gasteiger partial charge in [-0.15, -0.1) is 0 Å². The molecule has 0 spiro atoms. The van der Waals surface area contributed by atoms with Gasteiger partial charge in [-0.2, -0.15) is 5.10 Å². The van der Waals surface area contributed by atoms with Crippen LogP contribution in [0.4, 0.5) is 0 Å². The first-order valence-corrected chi connectivity index (χ1v) is 6.36. The van der Waals surface area contributed by atoms with Gasteiger partial charge in [0.25, 0.3) is 0 Å². The molecular weight excluding hydrogens is 288 g/mol. The topological polar surface area (TPSA) is 56.5 Å². The van der Waals surface area contributed by atoms with E-state index in [1.54, 1.807) is 25.1 Å². The van der Waals surface area contributed by atoms with Crippen LogP contribution in [0, 0.1) is 0 Å². The van der Waals surface area contributed by atoms with Gasteiger partial charge in [-0.25, -0.2) is 0 Å². The second-order valence-corrected chi connectivity index (χ2v) is 5.21. The Bertz CT molecular complexity index is 388. The third kappa shape index (κ3) is 2.40. The standard InChI is InChI=1S/C11H17BrN2O3/c1-16-4-3-14-10(9(12)7-13-14)11(15)5-8(6-11)17-2/h7-8,15H,3-6H2,1-2H3. The highest BCUT2D eigenvalue weighted by Gasteiger charge is 2.47. The van der Waals surface area contributed by atoms with E-state index in [9.17, 15) is 5.11 Å². The molecule has 0 bridgehead atoms. The Morgan fingerprint density at radius 2 is 2.29 bits per heavy atom. The molecule has 6 heteroatoms. The lowest BCUT2D eigenvalue weighted by Gasteiger charge is -2.43. The van der Waals surface area contributed by atoms with Gasteiger partial charge in [-0.05, 0) is 15.9 Å². The average molecular weight is 305 g/mol. The molecule has 1 N–H and O–H groups in total. The molecule has 1 aliphatic carbocycles. The molecule has 96 valence electrons. The van der Waals surface area contributed by atoms with Crippen LogP contribution in [0.1, 0.15) is 18.5 Å². The molecule has 1 saturated carbocycles. The fourth-order valence-corrected chi connectivity index (χ4v) is 2.89. The molecule has 17 heavy (non-hydrogen) atoms. The Kier molecular flexibility index (Phi) is 3.87. The van der Waals surface area contributed by atoms with E-state index < -0.39 is 5.60 Å². The van der Waals surface area contributed by atoms with Crippen molar-refractivity contribution in [3.05, 3.63) is 16.4 Å². The summed E-state index contributed by atoms with van der Waals surface area (Å²) in [6, 6.07) is 0. The number of halogens is 1. The Morgan fingerprint density at radius 3 is 2.88 bits per heavy atom. The summed E-state index contributed by atoms with van der Waals surface area (Å²) in [7, 11) is 3.32. The minimum absolute atomic E-state index is 0.137. The molecule has 0 amide bonds. The first-order chi connectivity index (χ1) is 8.10. The highest BCUT2D eigenvalue weighted by atomic mass is 79.9. The fourth-order valence-electron chi connectivity index (χ4n) is 2.23. The first kappa shape index (κ1) is 13.0. The van der Waals surface area contributed by atoms with Crippen molar-refractivity contribution >= 4 is 15.9 Å². The molecule has 2 rings (SSSR count). The van der Waals surface area contributed by atoms with Gasteiger partial charge in [0.15, 0.2) is 0 Å². The Hall–Kier alpha value is -0.430. The molecule has 1 aliphatic rings. The molecule has 1 aromatic heterocycles. The number of hydrogen-bond acceptors (Lipinski definition) is 4. The van der Waals surface area contributed by atoms with E-state index in [1.807, 2.05) is 0 Å². The third-order valence-electron chi connectivity index (χ3n) is 3.21. The molecule has 0 atom stereocenters. The summed E-state index contributed by atoms with van der Waals surface area (Å²) in [6.07, 6.45) is 3.07. The van der Waals surface area contributed by atoms with E-state index in [-0.39, 0.29) is 6.10 Å². The molecule has 0 aromatic carbocycles. The summed E-state index contributed by atoms with van der Waals surface area (Å²) in [4.78, 5) is 0. The summed E-state index contributed by atoms with van der Waals surface area (Å²) in [5.74, 6) is 0. The zero-order valence-electron chi connectivity index (χ0n) is 10.0. The highest BCUT2D eigenvalue weighted by molar-refractivity contribution is 9.10. The van der Waals surface area contributed by atoms with Crippen molar-refractivity contribution in [3.8, 4) is 0 Å². The van der Waals surface area contributed by atoms with E-state index in [0.29, 0.717) is 26.0 Å². The van der Waals surface area contributed by atoms with Crippen molar-refractivity contribution in [2.45, 2.75) is 31.1 Å². The van der Waals surface area contributed by atoms with Crippen LogP contribution in [0.5, 0.6) is 0 Å². The van der Waals surface area contributed by atoms with Crippen molar-refractivity contribution in [1.82, 2.24) is 9.78 Å². The number of aliphatic hydroxyl groups is 1. The van der Waals surface area contributed by atoms with Gasteiger partial charge in [0.2, 0.25) is 0 Å². The highest BCUT2D eigenvalue weighted by Crippen LogP contribution is 2.45. The summed E-state index contributed by atoms with van der Waals surface area (Å²) in [5, 5.41) is 14.8. The van der Waals surface area contributed by atoms with Crippen molar-refractivity contribution in [2.24, 2.45) is 0 Å². The summed E-state index contributed by atoms with van der Waals surface area (Å²) < 4.78 is 12.9. The van der Waals surface area contributed by atoms with Crippen molar-refractivity contribution < 1.29 is 14.6 Å². The smallest absolute Gasteiger partial charge is 0.112 e. The average Bonchev–Trinajstić information content (AvgIpc) is 2.64. The quantitative estimate of drug-likeness (QED) is 0.890. The maximum Gasteiger partial charge on any atom is 0.112 e. The number of hydrogen-bond donors (Lipinski definition) is 1.